The lowest BCUT2D eigenvalue weighted by Gasteiger charge is -2.11. The zero-order chi connectivity index (χ0) is 12.3. The second-order valence-electron chi connectivity index (χ2n) is 3.69. The maximum absolute atomic E-state index is 11.3. The van der Waals surface area contributed by atoms with Crippen LogP contribution in [-0.2, 0) is 13.6 Å². The molecule has 98 valence electrons. The molecule has 1 unspecified atom stereocenters. The summed E-state index contributed by atoms with van der Waals surface area (Å²) in [4.78, 5) is 9.23. The van der Waals surface area contributed by atoms with E-state index in [4.69, 9.17) is 14.8 Å². The molecule has 0 amide bonds. The number of rotatable bonds is 11. The van der Waals surface area contributed by atoms with Crippen molar-refractivity contribution in [3.63, 3.8) is 0 Å². The summed E-state index contributed by atoms with van der Waals surface area (Å²) < 4.78 is 20.8. The maximum atomic E-state index is 11.3. The number of nitrogens with two attached hydrogens (primary N) is 1. The molecule has 0 heterocycles. The second kappa shape index (κ2) is 10.2. The highest BCUT2D eigenvalue weighted by Crippen LogP contribution is 2.43. The van der Waals surface area contributed by atoms with Gasteiger partial charge in [-0.25, -0.2) is 4.57 Å². The van der Waals surface area contributed by atoms with Gasteiger partial charge in [0.2, 0.25) is 0 Å². The molecule has 0 bridgehead atoms. The summed E-state index contributed by atoms with van der Waals surface area (Å²) in [7, 11) is -3.80. The van der Waals surface area contributed by atoms with Crippen LogP contribution in [0.25, 0.3) is 0 Å². The van der Waals surface area contributed by atoms with E-state index in [0.717, 1.165) is 38.5 Å². The molecule has 0 aliphatic carbocycles. The summed E-state index contributed by atoms with van der Waals surface area (Å²) in [5.41, 5.74) is 5.34. The lowest BCUT2D eigenvalue weighted by Crippen LogP contribution is -2.00. The molecule has 0 radical (unpaired) electrons. The highest BCUT2D eigenvalue weighted by atomic mass is 31.2. The Kier molecular flexibility index (Phi) is 10.3. The van der Waals surface area contributed by atoms with Crippen molar-refractivity contribution < 1.29 is 18.5 Å². The molecule has 0 fully saturated rings. The van der Waals surface area contributed by atoms with E-state index in [1.807, 2.05) is 6.92 Å². The third-order valence-electron chi connectivity index (χ3n) is 2.11. The first-order valence-electron chi connectivity index (χ1n) is 5.94. The van der Waals surface area contributed by atoms with Crippen molar-refractivity contribution in [1.82, 2.24) is 0 Å². The van der Waals surface area contributed by atoms with Crippen LogP contribution in [0, 0.1) is 0 Å². The van der Waals surface area contributed by atoms with Crippen LogP contribution in [0.3, 0.4) is 0 Å². The van der Waals surface area contributed by atoms with E-state index in [9.17, 15) is 9.46 Å². The van der Waals surface area contributed by atoms with Gasteiger partial charge < -0.3 is 10.6 Å². The van der Waals surface area contributed by atoms with E-state index >= 15 is 0 Å². The SMILES string of the molecule is CCCCOP(=O)(O)OCCCCCCN. The fraction of sp³-hybridized carbons (Fsp3) is 1.00. The molecule has 5 nitrogen and oxygen atoms in total. The average molecular weight is 253 g/mol. The molecule has 0 aromatic rings. The van der Waals surface area contributed by atoms with Gasteiger partial charge in [-0.15, -0.1) is 0 Å². The van der Waals surface area contributed by atoms with Gasteiger partial charge in [-0.3, -0.25) is 9.05 Å². The van der Waals surface area contributed by atoms with Gasteiger partial charge in [-0.05, 0) is 25.8 Å². The van der Waals surface area contributed by atoms with Gasteiger partial charge in [0.05, 0.1) is 13.2 Å². The van der Waals surface area contributed by atoms with Crippen LogP contribution in [-0.4, -0.2) is 24.7 Å². The van der Waals surface area contributed by atoms with Gasteiger partial charge in [0, 0.05) is 0 Å². The fourth-order valence-electron chi connectivity index (χ4n) is 1.14. The summed E-state index contributed by atoms with van der Waals surface area (Å²) in [6.45, 7) is 3.23. The Morgan fingerprint density at radius 3 is 2.19 bits per heavy atom. The number of hydrogen-bond donors (Lipinski definition) is 2. The molecule has 0 saturated carbocycles. The van der Waals surface area contributed by atoms with Crippen LogP contribution in [0.2, 0.25) is 0 Å². The van der Waals surface area contributed by atoms with E-state index in [1.54, 1.807) is 0 Å². The lowest BCUT2D eigenvalue weighted by atomic mass is 10.2. The summed E-state index contributed by atoms with van der Waals surface area (Å²) in [5, 5.41) is 0. The Morgan fingerprint density at radius 2 is 1.62 bits per heavy atom. The summed E-state index contributed by atoms with van der Waals surface area (Å²) in [6.07, 6.45) is 5.45. The van der Waals surface area contributed by atoms with E-state index in [0.29, 0.717) is 6.54 Å². The van der Waals surface area contributed by atoms with Crippen LogP contribution < -0.4 is 5.73 Å². The van der Waals surface area contributed by atoms with Gasteiger partial charge in [-0.2, -0.15) is 0 Å². The van der Waals surface area contributed by atoms with Crippen molar-refractivity contribution in [2.45, 2.75) is 45.4 Å². The normalized spacial score (nSPS) is 14.9. The molecule has 0 aliphatic rings. The molecule has 3 N–H and O–H groups in total. The first-order chi connectivity index (χ1) is 7.62. The van der Waals surface area contributed by atoms with E-state index in [-0.39, 0.29) is 13.2 Å². The van der Waals surface area contributed by atoms with Crippen molar-refractivity contribution in [3.05, 3.63) is 0 Å². The van der Waals surface area contributed by atoms with Gasteiger partial charge in [0.25, 0.3) is 0 Å². The predicted molar refractivity (Wildman–Crippen MR) is 64.2 cm³/mol. The van der Waals surface area contributed by atoms with Crippen molar-refractivity contribution in [2.75, 3.05) is 19.8 Å². The lowest BCUT2D eigenvalue weighted by molar-refractivity contribution is 0.146. The Morgan fingerprint density at radius 1 is 1.06 bits per heavy atom. The maximum Gasteiger partial charge on any atom is 0.472 e. The number of unbranched alkanes of at least 4 members (excludes halogenated alkanes) is 4. The number of hydrogen-bond acceptors (Lipinski definition) is 4. The van der Waals surface area contributed by atoms with Crippen LogP contribution >= 0.6 is 7.82 Å². The Balaban J connectivity index is 3.39. The molecule has 6 heteroatoms. The molecule has 0 spiro atoms. The Labute approximate surface area is 97.9 Å². The summed E-state index contributed by atoms with van der Waals surface area (Å²) >= 11 is 0. The molecule has 0 aromatic carbocycles. The molecular weight excluding hydrogens is 229 g/mol. The van der Waals surface area contributed by atoms with Crippen molar-refractivity contribution in [1.29, 1.82) is 0 Å². The second-order valence-corrected chi connectivity index (χ2v) is 5.14. The van der Waals surface area contributed by atoms with Crippen molar-refractivity contribution in [2.24, 2.45) is 5.73 Å². The van der Waals surface area contributed by atoms with Crippen LogP contribution in [0.15, 0.2) is 0 Å². The minimum atomic E-state index is -3.80. The van der Waals surface area contributed by atoms with Gasteiger partial charge in [0.15, 0.2) is 0 Å². The van der Waals surface area contributed by atoms with Crippen LogP contribution in [0.4, 0.5) is 0 Å². The smallest absolute Gasteiger partial charge is 0.330 e. The van der Waals surface area contributed by atoms with Gasteiger partial charge >= 0.3 is 7.82 Å². The predicted octanol–water partition coefficient (Wildman–Crippen LogP) is 2.44. The minimum absolute atomic E-state index is 0.268. The molecule has 0 rings (SSSR count). The largest absolute Gasteiger partial charge is 0.472 e. The third kappa shape index (κ3) is 10.6. The van der Waals surface area contributed by atoms with E-state index in [2.05, 4.69) is 0 Å². The number of phosphoric acid groups is 1. The topological polar surface area (TPSA) is 81.8 Å². The Hall–Kier alpha value is 0.0700. The van der Waals surface area contributed by atoms with Crippen LogP contribution in [0.1, 0.15) is 45.4 Å². The average Bonchev–Trinajstić information content (AvgIpc) is 2.23. The highest BCUT2D eigenvalue weighted by Gasteiger charge is 2.19. The van der Waals surface area contributed by atoms with Gasteiger partial charge in [-0.1, -0.05) is 26.2 Å². The molecule has 16 heavy (non-hydrogen) atoms. The minimum Gasteiger partial charge on any atom is -0.330 e. The van der Waals surface area contributed by atoms with Crippen molar-refractivity contribution >= 4 is 7.82 Å². The van der Waals surface area contributed by atoms with Crippen molar-refractivity contribution in [3.8, 4) is 0 Å². The van der Waals surface area contributed by atoms with Gasteiger partial charge in [0.1, 0.15) is 0 Å². The molecule has 0 saturated heterocycles. The molecule has 0 aromatic heterocycles. The summed E-state index contributed by atoms with van der Waals surface area (Å²) in [6, 6.07) is 0. The molecular formula is C10H24NO4P. The standard InChI is InChI=1S/C10H24NO4P/c1-2-3-9-14-16(12,13)15-10-7-5-4-6-8-11/h2-11H2,1H3,(H,12,13). The van der Waals surface area contributed by atoms with Crippen LogP contribution in [0.5, 0.6) is 0 Å². The number of phosphoric ester groups is 1. The quantitative estimate of drug-likeness (QED) is 0.436. The molecule has 0 aliphatic heterocycles. The zero-order valence-electron chi connectivity index (χ0n) is 10.1. The van der Waals surface area contributed by atoms with E-state index < -0.39 is 7.82 Å². The first-order valence-corrected chi connectivity index (χ1v) is 7.44. The summed E-state index contributed by atoms with van der Waals surface area (Å²) in [5.74, 6) is 0. The Bertz CT molecular complexity index is 201. The molecule has 1 atom stereocenters. The third-order valence-corrected chi connectivity index (χ3v) is 3.12. The highest BCUT2D eigenvalue weighted by molar-refractivity contribution is 7.47. The zero-order valence-corrected chi connectivity index (χ0v) is 11.0. The monoisotopic (exact) mass is 253 g/mol. The first kappa shape index (κ1) is 16.1. The van der Waals surface area contributed by atoms with E-state index in [1.165, 1.54) is 0 Å². The fourth-order valence-corrected chi connectivity index (χ4v) is 1.94.